The lowest BCUT2D eigenvalue weighted by atomic mass is 9.81. The van der Waals surface area contributed by atoms with Gasteiger partial charge in [0.25, 0.3) is 5.91 Å². The monoisotopic (exact) mass is 453 g/mol. The number of carbonyl (C=O) groups excluding carboxylic acids is 1. The van der Waals surface area contributed by atoms with Gasteiger partial charge in [-0.25, -0.2) is 0 Å². The molecule has 1 saturated carbocycles. The summed E-state index contributed by atoms with van der Waals surface area (Å²) in [5.74, 6) is 1.51. The maximum Gasteiger partial charge on any atom is 0.254 e. The van der Waals surface area contributed by atoms with Crippen molar-refractivity contribution in [2.45, 2.75) is 57.5 Å². The molecule has 1 saturated heterocycles. The van der Waals surface area contributed by atoms with E-state index in [1.54, 1.807) is 17.3 Å². The van der Waals surface area contributed by atoms with Gasteiger partial charge in [0.05, 0.1) is 5.52 Å². The molecule has 1 aromatic heterocycles. The maximum absolute atomic E-state index is 13.3. The van der Waals surface area contributed by atoms with Crippen LogP contribution in [0.2, 0.25) is 0 Å². The minimum Gasteiger partial charge on any atom is -0.341 e. The number of carbonyl (C=O) groups is 1. The number of benzene rings is 2. The summed E-state index contributed by atoms with van der Waals surface area (Å²) in [7, 11) is 1.97. The van der Waals surface area contributed by atoms with Crippen LogP contribution in [0.5, 0.6) is 0 Å². The molecule has 6 rings (SSSR count). The number of hydrogen-bond acceptors (Lipinski definition) is 3. The van der Waals surface area contributed by atoms with Crippen molar-refractivity contribution in [2.24, 2.45) is 11.8 Å². The Morgan fingerprint density at radius 1 is 0.912 bits per heavy atom. The quantitative estimate of drug-likeness (QED) is 0.454. The van der Waals surface area contributed by atoms with Crippen LogP contribution >= 0.6 is 0 Å². The molecule has 2 aliphatic heterocycles. The molecule has 0 N–H and O–H groups in total. The van der Waals surface area contributed by atoms with Gasteiger partial charge in [0.15, 0.2) is 0 Å². The molecule has 3 heterocycles. The smallest absolute Gasteiger partial charge is 0.254 e. The molecular formula is C30H35N3O. The Bertz CT molecular complexity index is 1180. The zero-order valence-corrected chi connectivity index (χ0v) is 20.4. The van der Waals surface area contributed by atoms with Crippen molar-refractivity contribution in [3.05, 3.63) is 77.0 Å². The van der Waals surface area contributed by atoms with E-state index in [1.807, 2.05) is 36.2 Å². The summed E-state index contributed by atoms with van der Waals surface area (Å²) in [5, 5.41) is 0.962. The van der Waals surface area contributed by atoms with E-state index in [9.17, 15) is 4.79 Å². The number of fused-ring (bicyclic) bond motifs is 6. The third-order valence-corrected chi connectivity index (χ3v) is 8.74. The SMILES string of the molecule is Cc1ccc(C(=O)N(C)CC2CCC(CN3[C@H]4CC[C@H]3c3ccccc34)CC2)c2cccnc12. The van der Waals surface area contributed by atoms with Crippen LogP contribution in [0.4, 0.5) is 0 Å². The molecule has 2 atom stereocenters. The zero-order chi connectivity index (χ0) is 23.2. The molecule has 3 aliphatic rings. The molecule has 1 aliphatic carbocycles. The second kappa shape index (κ2) is 8.81. The molecule has 3 aromatic rings. The molecule has 2 bridgehead atoms. The number of aryl methyl sites for hydroxylation is 1. The third kappa shape index (κ3) is 3.73. The highest BCUT2D eigenvalue weighted by Crippen LogP contribution is 2.53. The molecular weight excluding hydrogens is 418 g/mol. The summed E-state index contributed by atoms with van der Waals surface area (Å²) in [6.45, 7) is 4.15. The van der Waals surface area contributed by atoms with Gasteiger partial charge in [-0.05, 0) is 86.1 Å². The third-order valence-electron chi connectivity index (χ3n) is 8.74. The van der Waals surface area contributed by atoms with E-state index in [-0.39, 0.29) is 5.91 Å². The summed E-state index contributed by atoms with van der Waals surface area (Å²) in [4.78, 5) is 22.6. The summed E-state index contributed by atoms with van der Waals surface area (Å²) in [5.41, 5.74) is 6.00. The molecule has 4 heteroatoms. The van der Waals surface area contributed by atoms with Crippen LogP contribution in [0.15, 0.2) is 54.7 Å². The fourth-order valence-electron chi connectivity index (χ4n) is 6.98. The van der Waals surface area contributed by atoms with Crippen molar-refractivity contribution in [3.8, 4) is 0 Å². The lowest BCUT2D eigenvalue weighted by molar-refractivity contribution is 0.0745. The van der Waals surface area contributed by atoms with Gasteiger partial charge >= 0.3 is 0 Å². The Morgan fingerprint density at radius 3 is 2.29 bits per heavy atom. The summed E-state index contributed by atoms with van der Waals surface area (Å²) in [6, 6.07) is 18.3. The van der Waals surface area contributed by atoms with E-state index in [0.29, 0.717) is 18.0 Å². The van der Waals surface area contributed by atoms with Gasteiger partial charge in [0.2, 0.25) is 0 Å². The molecule has 176 valence electrons. The number of amides is 1. The van der Waals surface area contributed by atoms with Crippen molar-refractivity contribution in [2.75, 3.05) is 20.1 Å². The van der Waals surface area contributed by atoms with Gasteiger partial charge in [0, 0.05) is 49.4 Å². The Hall–Kier alpha value is -2.72. The van der Waals surface area contributed by atoms with Crippen LogP contribution in [-0.4, -0.2) is 40.8 Å². The standard InChI is InChI=1S/C30H35N3O/c1-20-9-14-26(25-8-5-17-31-29(20)25)30(34)32(2)18-21-10-12-22(13-11-21)19-33-27-15-16-28(33)24-7-4-3-6-23(24)27/h3-9,14,17,21-22,27-28H,10-13,15-16,18-19H2,1-2H3/t21?,22?,27-,28-/m0/s1. The number of nitrogens with zero attached hydrogens (tertiary/aromatic N) is 3. The van der Waals surface area contributed by atoms with Gasteiger partial charge in [-0.3, -0.25) is 14.7 Å². The topological polar surface area (TPSA) is 36.4 Å². The van der Waals surface area contributed by atoms with Crippen LogP contribution in [0.1, 0.15) is 77.7 Å². The molecule has 1 amide bonds. The lowest BCUT2D eigenvalue weighted by Gasteiger charge is -2.34. The molecule has 4 nitrogen and oxygen atoms in total. The molecule has 0 radical (unpaired) electrons. The Kier molecular flexibility index (Phi) is 5.65. The predicted octanol–water partition coefficient (Wildman–Crippen LogP) is 6.31. The first-order valence-corrected chi connectivity index (χ1v) is 13.0. The molecule has 0 spiro atoms. The summed E-state index contributed by atoms with van der Waals surface area (Å²) < 4.78 is 0. The van der Waals surface area contributed by atoms with Gasteiger partial charge in [-0.15, -0.1) is 0 Å². The fraction of sp³-hybridized carbons (Fsp3) is 0.467. The first-order chi connectivity index (χ1) is 16.6. The Labute approximate surface area is 203 Å². The van der Waals surface area contributed by atoms with E-state index in [0.717, 1.165) is 34.5 Å². The normalized spacial score (nSPS) is 26.1. The minimum absolute atomic E-state index is 0.117. The van der Waals surface area contributed by atoms with Crippen LogP contribution in [-0.2, 0) is 0 Å². The van der Waals surface area contributed by atoms with E-state index in [4.69, 9.17) is 0 Å². The van der Waals surface area contributed by atoms with Crippen LogP contribution in [0, 0.1) is 18.8 Å². The van der Waals surface area contributed by atoms with E-state index < -0.39 is 0 Å². The van der Waals surface area contributed by atoms with E-state index in [2.05, 4.69) is 41.1 Å². The Morgan fingerprint density at radius 2 is 1.59 bits per heavy atom. The average molecular weight is 454 g/mol. The molecule has 2 aromatic carbocycles. The first kappa shape index (κ1) is 21.8. The first-order valence-electron chi connectivity index (χ1n) is 13.0. The van der Waals surface area contributed by atoms with Gasteiger partial charge in [0.1, 0.15) is 0 Å². The van der Waals surface area contributed by atoms with Crippen molar-refractivity contribution in [3.63, 3.8) is 0 Å². The van der Waals surface area contributed by atoms with Crippen molar-refractivity contribution >= 4 is 16.8 Å². The number of pyridine rings is 1. The van der Waals surface area contributed by atoms with Crippen LogP contribution in [0.25, 0.3) is 10.9 Å². The second-order valence-electron chi connectivity index (χ2n) is 10.8. The fourth-order valence-corrected chi connectivity index (χ4v) is 6.98. The predicted molar refractivity (Wildman–Crippen MR) is 137 cm³/mol. The number of hydrogen-bond donors (Lipinski definition) is 0. The molecule has 2 fully saturated rings. The van der Waals surface area contributed by atoms with Gasteiger partial charge in [-0.1, -0.05) is 36.4 Å². The number of aromatic nitrogens is 1. The zero-order valence-electron chi connectivity index (χ0n) is 20.4. The van der Waals surface area contributed by atoms with Crippen LogP contribution in [0.3, 0.4) is 0 Å². The highest BCUT2D eigenvalue weighted by molar-refractivity contribution is 6.06. The number of rotatable bonds is 5. The van der Waals surface area contributed by atoms with Crippen LogP contribution < -0.4 is 0 Å². The maximum atomic E-state index is 13.3. The largest absolute Gasteiger partial charge is 0.341 e. The lowest BCUT2D eigenvalue weighted by Crippen LogP contribution is -2.35. The van der Waals surface area contributed by atoms with Gasteiger partial charge < -0.3 is 4.90 Å². The van der Waals surface area contributed by atoms with Crippen molar-refractivity contribution < 1.29 is 4.79 Å². The highest BCUT2D eigenvalue weighted by atomic mass is 16.2. The van der Waals surface area contributed by atoms with Gasteiger partial charge in [-0.2, -0.15) is 0 Å². The molecule has 34 heavy (non-hydrogen) atoms. The van der Waals surface area contributed by atoms with Crippen molar-refractivity contribution in [1.29, 1.82) is 0 Å². The summed E-state index contributed by atoms with van der Waals surface area (Å²) >= 11 is 0. The second-order valence-corrected chi connectivity index (χ2v) is 10.8. The highest BCUT2D eigenvalue weighted by Gasteiger charge is 2.44. The molecule has 0 unspecified atom stereocenters. The van der Waals surface area contributed by atoms with E-state index in [1.165, 1.54) is 45.1 Å². The summed E-state index contributed by atoms with van der Waals surface area (Å²) in [6.07, 6.45) is 9.49. The minimum atomic E-state index is 0.117. The average Bonchev–Trinajstić information content (AvgIpc) is 3.41. The van der Waals surface area contributed by atoms with E-state index >= 15 is 0 Å². The van der Waals surface area contributed by atoms with Crippen molar-refractivity contribution in [1.82, 2.24) is 14.8 Å². The Balaban J connectivity index is 1.05.